The predicted octanol–water partition coefficient (Wildman–Crippen LogP) is 13.4. The fourth-order valence-corrected chi connectivity index (χ4v) is 6.56. The molecule has 1 fully saturated rings. The maximum Gasteiger partial charge on any atom is 0.432 e. The second-order valence-corrected chi connectivity index (χ2v) is 12.8. The molecule has 0 heterocycles. The Morgan fingerprint density at radius 1 is 0.647 bits per heavy atom. The summed E-state index contributed by atoms with van der Waals surface area (Å²) in [5.74, 6) is -8.71. The van der Waals surface area contributed by atoms with Crippen LogP contribution in [0.1, 0.15) is 80.9 Å². The number of allylic oxidation sites excluding steroid dienone is 1. The standard InChI is InChI=1S/C39H33F11O/c1-2-3-4-5-22-6-8-23(9-7-22)24-10-12-28(31(40)16-24)26-19-35(44)37(36(45)20-26)39(49,50)51-27-11-13-29(34(43)21-27)25-17-32(41)30(33(42)18-25)14-15-38(46,47)48/h10-23H,2-9H2,1H3. The normalized spacial score (nSPS) is 16.9. The molecule has 1 nitrogen and oxygen atoms in total. The smallest absolute Gasteiger partial charge is 0.429 e. The summed E-state index contributed by atoms with van der Waals surface area (Å²) >= 11 is 0. The van der Waals surface area contributed by atoms with Crippen LogP contribution in [0.3, 0.4) is 0 Å². The van der Waals surface area contributed by atoms with E-state index in [0.717, 1.165) is 49.8 Å². The monoisotopic (exact) mass is 726 g/mol. The minimum atomic E-state index is -4.86. The van der Waals surface area contributed by atoms with E-state index in [1.54, 1.807) is 6.07 Å². The van der Waals surface area contributed by atoms with E-state index in [9.17, 15) is 26.3 Å². The lowest BCUT2D eigenvalue weighted by Crippen LogP contribution is -2.25. The van der Waals surface area contributed by atoms with Crippen LogP contribution in [0.25, 0.3) is 28.3 Å². The first-order valence-electron chi connectivity index (χ1n) is 16.5. The van der Waals surface area contributed by atoms with E-state index in [-0.39, 0.29) is 23.1 Å². The Morgan fingerprint density at radius 3 is 1.73 bits per heavy atom. The van der Waals surface area contributed by atoms with E-state index in [2.05, 4.69) is 11.7 Å². The van der Waals surface area contributed by atoms with Gasteiger partial charge in [0.25, 0.3) is 0 Å². The van der Waals surface area contributed by atoms with Gasteiger partial charge in [0.1, 0.15) is 46.2 Å². The summed E-state index contributed by atoms with van der Waals surface area (Å²) in [5, 5.41) is 0. The molecule has 0 radical (unpaired) electrons. The van der Waals surface area contributed by atoms with Gasteiger partial charge >= 0.3 is 12.3 Å². The van der Waals surface area contributed by atoms with Crippen LogP contribution in [-0.4, -0.2) is 6.18 Å². The largest absolute Gasteiger partial charge is 0.432 e. The van der Waals surface area contributed by atoms with Crippen LogP contribution in [0.5, 0.6) is 5.75 Å². The van der Waals surface area contributed by atoms with Crippen molar-refractivity contribution in [2.45, 2.75) is 76.5 Å². The van der Waals surface area contributed by atoms with Gasteiger partial charge in [0.15, 0.2) is 0 Å². The first-order chi connectivity index (χ1) is 24.1. The summed E-state index contributed by atoms with van der Waals surface area (Å²) in [4.78, 5) is 0. The molecule has 0 atom stereocenters. The lowest BCUT2D eigenvalue weighted by atomic mass is 9.77. The lowest BCUT2D eigenvalue weighted by molar-refractivity contribution is -0.189. The number of ether oxygens (including phenoxy) is 1. The fraction of sp³-hybridized carbons (Fsp3) is 0.333. The van der Waals surface area contributed by atoms with E-state index >= 15 is 22.0 Å². The molecule has 0 amide bonds. The third-order valence-electron chi connectivity index (χ3n) is 9.19. The first-order valence-corrected chi connectivity index (χ1v) is 16.5. The Kier molecular flexibility index (Phi) is 11.5. The second kappa shape index (κ2) is 15.5. The van der Waals surface area contributed by atoms with Gasteiger partial charge in [0.2, 0.25) is 0 Å². The third-order valence-corrected chi connectivity index (χ3v) is 9.19. The third kappa shape index (κ3) is 9.12. The van der Waals surface area contributed by atoms with Crippen molar-refractivity contribution in [3.05, 3.63) is 118 Å². The number of rotatable bonds is 11. The molecule has 0 bridgehead atoms. The highest BCUT2D eigenvalue weighted by molar-refractivity contribution is 5.68. The molecule has 1 aliphatic carbocycles. The molecule has 5 rings (SSSR count). The first kappa shape index (κ1) is 37.9. The van der Waals surface area contributed by atoms with Gasteiger partial charge in [-0.1, -0.05) is 44.7 Å². The summed E-state index contributed by atoms with van der Waals surface area (Å²) in [5.41, 5.74) is -3.67. The second-order valence-electron chi connectivity index (χ2n) is 12.8. The molecule has 0 aliphatic heterocycles. The molecule has 0 aromatic heterocycles. The molecule has 0 saturated heterocycles. The summed E-state index contributed by atoms with van der Waals surface area (Å²) in [6.07, 6.45) is -1.23. The zero-order valence-electron chi connectivity index (χ0n) is 27.3. The van der Waals surface area contributed by atoms with E-state index in [0.29, 0.717) is 36.2 Å². The van der Waals surface area contributed by atoms with E-state index in [4.69, 9.17) is 0 Å². The molecule has 1 aliphatic rings. The quantitative estimate of drug-likeness (QED) is 0.110. The number of halogens is 11. The van der Waals surface area contributed by atoms with Crippen LogP contribution in [-0.2, 0) is 6.11 Å². The zero-order valence-corrected chi connectivity index (χ0v) is 27.3. The average molecular weight is 727 g/mol. The molecular weight excluding hydrogens is 693 g/mol. The van der Waals surface area contributed by atoms with Crippen molar-refractivity contribution in [1.29, 1.82) is 0 Å². The molecule has 1 saturated carbocycles. The number of hydrogen-bond acceptors (Lipinski definition) is 1. The van der Waals surface area contributed by atoms with Gasteiger partial charge in [0.05, 0.1) is 0 Å². The molecule has 12 heteroatoms. The summed E-state index contributed by atoms with van der Waals surface area (Å²) in [7, 11) is 0. The van der Waals surface area contributed by atoms with Crippen molar-refractivity contribution in [1.82, 2.24) is 0 Å². The highest BCUT2D eigenvalue weighted by Gasteiger charge is 2.41. The van der Waals surface area contributed by atoms with Crippen LogP contribution in [0.2, 0.25) is 0 Å². The van der Waals surface area contributed by atoms with Crippen molar-refractivity contribution in [2.24, 2.45) is 5.92 Å². The molecule has 0 N–H and O–H groups in total. The van der Waals surface area contributed by atoms with Crippen LogP contribution in [0.4, 0.5) is 48.3 Å². The van der Waals surface area contributed by atoms with Gasteiger partial charge in [-0.15, -0.1) is 0 Å². The van der Waals surface area contributed by atoms with Crippen LogP contribution < -0.4 is 4.74 Å². The fourth-order valence-electron chi connectivity index (χ4n) is 6.56. The van der Waals surface area contributed by atoms with Crippen LogP contribution in [0.15, 0.2) is 66.7 Å². The molecule has 51 heavy (non-hydrogen) atoms. The zero-order chi connectivity index (χ0) is 37.1. The Bertz CT molecular complexity index is 1840. The lowest BCUT2D eigenvalue weighted by Gasteiger charge is -2.29. The molecule has 4 aromatic rings. The van der Waals surface area contributed by atoms with Gasteiger partial charge in [-0.25, -0.2) is 26.3 Å². The van der Waals surface area contributed by atoms with E-state index in [1.165, 1.54) is 31.4 Å². The molecular formula is C39H33F11O. The number of alkyl halides is 5. The number of benzene rings is 4. The minimum absolute atomic E-state index is 0.138. The average Bonchev–Trinajstić information content (AvgIpc) is 3.03. The highest BCUT2D eigenvalue weighted by atomic mass is 19.4. The molecule has 4 aromatic carbocycles. The van der Waals surface area contributed by atoms with Crippen molar-refractivity contribution in [3.8, 4) is 28.0 Å². The Labute approximate surface area is 287 Å². The Balaban J connectivity index is 1.31. The number of unbranched alkanes of at least 4 members (excludes halogenated alkanes) is 2. The minimum Gasteiger partial charge on any atom is -0.429 e. The Hall–Kier alpha value is -4.35. The van der Waals surface area contributed by atoms with Gasteiger partial charge < -0.3 is 4.74 Å². The van der Waals surface area contributed by atoms with Crippen molar-refractivity contribution in [2.75, 3.05) is 0 Å². The highest BCUT2D eigenvalue weighted by Crippen LogP contribution is 2.41. The van der Waals surface area contributed by atoms with E-state index in [1.807, 2.05) is 0 Å². The maximum atomic E-state index is 15.3. The maximum absolute atomic E-state index is 15.3. The molecule has 0 unspecified atom stereocenters. The van der Waals surface area contributed by atoms with Gasteiger partial charge in [-0.3, -0.25) is 0 Å². The topological polar surface area (TPSA) is 9.23 Å². The van der Waals surface area contributed by atoms with Gasteiger partial charge in [0, 0.05) is 28.8 Å². The van der Waals surface area contributed by atoms with Crippen LogP contribution in [0, 0.1) is 40.8 Å². The predicted molar refractivity (Wildman–Crippen MR) is 172 cm³/mol. The summed E-state index contributed by atoms with van der Waals surface area (Å²) < 4.78 is 161. The van der Waals surface area contributed by atoms with Crippen molar-refractivity contribution < 1.29 is 53.0 Å². The van der Waals surface area contributed by atoms with Gasteiger partial charge in [-0.2, -0.15) is 22.0 Å². The van der Waals surface area contributed by atoms with Crippen molar-refractivity contribution >= 4 is 6.08 Å². The van der Waals surface area contributed by atoms with Crippen LogP contribution >= 0.6 is 0 Å². The van der Waals surface area contributed by atoms with Gasteiger partial charge in [-0.05, 0) is 103 Å². The SMILES string of the molecule is CCCCCC1CCC(c2ccc(-c3cc(F)c(C(F)(F)Oc4ccc(-c5cc(F)c(C=CC(F)(F)F)c(F)c5)c(F)c4)c(F)c3)c(F)c2)CC1. The number of hydrogen-bond donors (Lipinski definition) is 0. The van der Waals surface area contributed by atoms with Crippen molar-refractivity contribution in [3.63, 3.8) is 0 Å². The summed E-state index contributed by atoms with van der Waals surface area (Å²) in [6, 6.07) is 8.37. The summed E-state index contributed by atoms with van der Waals surface area (Å²) in [6.45, 7) is 2.15. The van der Waals surface area contributed by atoms with E-state index < -0.39 is 81.3 Å². The molecule has 0 spiro atoms. The Morgan fingerprint density at radius 2 is 1.20 bits per heavy atom. The molecule has 272 valence electrons.